The molecular formula is C24H36N4O8. The van der Waals surface area contributed by atoms with Gasteiger partial charge in [0.25, 0.3) is 0 Å². The van der Waals surface area contributed by atoms with E-state index in [1.807, 2.05) is 0 Å². The van der Waals surface area contributed by atoms with Crippen molar-refractivity contribution in [3.8, 4) is 5.75 Å². The average Bonchev–Trinajstić information content (AvgIpc) is 2.78. The van der Waals surface area contributed by atoms with E-state index in [9.17, 15) is 24.0 Å². The van der Waals surface area contributed by atoms with E-state index >= 15 is 0 Å². The zero-order valence-electron chi connectivity index (χ0n) is 21.7. The number of rotatable bonds is 11. The number of carboxylic acid groups (broad SMARTS) is 1. The van der Waals surface area contributed by atoms with Gasteiger partial charge >= 0.3 is 12.1 Å². The van der Waals surface area contributed by atoms with Gasteiger partial charge in [0.2, 0.25) is 17.7 Å². The van der Waals surface area contributed by atoms with Crippen molar-refractivity contribution in [1.82, 2.24) is 20.9 Å². The standard InChI is InChI=1S/C24H36N4O8/c1-14(27-23(34)36-24(3,4)5)20(30)25-13-19(29)28(6)18(21(31)26-15(2)22(32)33)12-16-8-10-17(35-7)11-9-16/h8-11,14-15,18H,12-13H2,1-7H3,(H,25,30)(H,26,31)(H,27,34)(H,32,33)/t14-,15+,18+/m1/s1. The molecule has 3 atom stereocenters. The van der Waals surface area contributed by atoms with Crippen molar-refractivity contribution in [2.45, 2.75) is 64.8 Å². The van der Waals surface area contributed by atoms with E-state index < -0.39 is 60.1 Å². The van der Waals surface area contributed by atoms with Crippen LogP contribution < -0.4 is 20.7 Å². The van der Waals surface area contributed by atoms with E-state index in [-0.39, 0.29) is 6.42 Å². The summed E-state index contributed by atoms with van der Waals surface area (Å²) in [5.74, 6) is -2.50. The van der Waals surface area contributed by atoms with Gasteiger partial charge in [0.15, 0.2) is 0 Å². The summed E-state index contributed by atoms with van der Waals surface area (Å²) in [5, 5.41) is 16.3. The fourth-order valence-corrected chi connectivity index (χ4v) is 2.93. The summed E-state index contributed by atoms with van der Waals surface area (Å²) in [6, 6.07) is 3.65. The van der Waals surface area contributed by atoms with Crippen molar-refractivity contribution in [1.29, 1.82) is 0 Å². The highest BCUT2D eigenvalue weighted by Crippen LogP contribution is 2.15. The second kappa shape index (κ2) is 13.3. The van der Waals surface area contributed by atoms with Crippen molar-refractivity contribution >= 4 is 29.8 Å². The molecule has 0 unspecified atom stereocenters. The monoisotopic (exact) mass is 508 g/mol. The molecule has 0 heterocycles. The van der Waals surface area contributed by atoms with Gasteiger partial charge in [-0.1, -0.05) is 12.1 Å². The molecular weight excluding hydrogens is 472 g/mol. The maximum Gasteiger partial charge on any atom is 0.408 e. The Balaban J connectivity index is 2.87. The Bertz CT molecular complexity index is 942. The highest BCUT2D eigenvalue weighted by Gasteiger charge is 2.30. The van der Waals surface area contributed by atoms with Gasteiger partial charge in [-0.15, -0.1) is 0 Å². The highest BCUT2D eigenvalue weighted by atomic mass is 16.6. The number of methoxy groups -OCH3 is 1. The first-order valence-corrected chi connectivity index (χ1v) is 11.3. The van der Waals surface area contributed by atoms with Crippen molar-refractivity contribution in [2.75, 3.05) is 20.7 Å². The van der Waals surface area contributed by atoms with Gasteiger partial charge in [-0.05, 0) is 52.3 Å². The van der Waals surface area contributed by atoms with Crippen molar-refractivity contribution in [3.05, 3.63) is 29.8 Å². The van der Waals surface area contributed by atoms with Crippen LogP contribution in [0.4, 0.5) is 4.79 Å². The summed E-state index contributed by atoms with van der Waals surface area (Å²) in [6.45, 7) is 7.34. The fourth-order valence-electron chi connectivity index (χ4n) is 2.93. The number of hydrogen-bond donors (Lipinski definition) is 4. The fraction of sp³-hybridized carbons (Fsp3) is 0.542. The van der Waals surface area contributed by atoms with E-state index in [4.69, 9.17) is 14.6 Å². The normalized spacial score (nSPS) is 13.4. The van der Waals surface area contributed by atoms with Crippen LogP contribution in [0.1, 0.15) is 40.2 Å². The molecule has 1 aromatic rings. The molecule has 4 N–H and O–H groups in total. The molecule has 0 aliphatic carbocycles. The summed E-state index contributed by atoms with van der Waals surface area (Å²) in [5.41, 5.74) is -0.0332. The predicted molar refractivity (Wildman–Crippen MR) is 130 cm³/mol. The number of hydrogen-bond acceptors (Lipinski definition) is 7. The molecule has 4 amide bonds. The molecule has 0 bridgehead atoms. The number of carbonyl (C=O) groups excluding carboxylic acids is 4. The first-order valence-electron chi connectivity index (χ1n) is 11.3. The summed E-state index contributed by atoms with van der Waals surface area (Å²) < 4.78 is 10.2. The van der Waals surface area contributed by atoms with Crippen molar-refractivity contribution in [2.24, 2.45) is 0 Å². The molecule has 0 spiro atoms. The zero-order chi connectivity index (χ0) is 27.6. The molecule has 12 heteroatoms. The van der Waals surface area contributed by atoms with Crippen LogP contribution in [-0.2, 0) is 30.3 Å². The lowest BCUT2D eigenvalue weighted by Gasteiger charge is -2.28. The Morgan fingerprint density at radius 2 is 1.56 bits per heavy atom. The first kappa shape index (κ1) is 30.2. The third-order valence-electron chi connectivity index (χ3n) is 5.02. The maximum absolute atomic E-state index is 12.9. The van der Waals surface area contributed by atoms with E-state index in [1.165, 1.54) is 28.0 Å². The SMILES string of the molecule is COc1ccc(C[C@@H](C(=O)N[C@@H](C)C(=O)O)N(C)C(=O)CNC(=O)[C@@H](C)NC(=O)OC(C)(C)C)cc1. The number of nitrogens with one attached hydrogen (secondary N) is 3. The number of alkyl carbamates (subject to hydrolysis) is 1. The summed E-state index contributed by atoms with van der Waals surface area (Å²) in [6.07, 6.45) is -0.688. The van der Waals surface area contributed by atoms with Crippen LogP contribution in [0.15, 0.2) is 24.3 Å². The van der Waals surface area contributed by atoms with Gasteiger partial charge in [-0.3, -0.25) is 19.2 Å². The van der Waals surface area contributed by atoms with E-state index in [0.29, 0.717) is 11.3 Å². The molecule has 36 heavy (non-hydrogen) atoms. The molecule has 0 saturated heterocycles. The Morgan fingerprint density at radius 1 is 0.972 bits per heavy atom. The second-order valence-corrected chi connectivity index (χ2v) is 9.23. The average molecular weight is 509 g/mol. The number of carbonyl (C=O) groups is 5. The van der Waals surface area contributed by atoms with Crippen molar-refractivity contribution < 1.29 is 38.6 Å². The second-order valence-electron chi connectivity index (χ2n) is 9.23. The van der Waals surface area contributed by atoms with E-state index in [1.54, 1.807) is 45.0 Å². The number of nitrogens with zero attached hydrogens (tertiary/aromatic N) is 1. The van der Waals surface area contributed by atoms with Gasteiger partial charge in [0, 0.05) is 13.5 Å². The number of amides is 4. The first-order chi connectivity index (χ1) is 16.6. The molecule has 12 nitrogen and oxygen atoms in total. The van der Waals surface area contributed by atoms with Crippen LogP contribution in [0, 0.1) is 0 Å². The Kier molecular flexibility index (Phi) is 11.2. The van der Waals surface area contributed by atoms with Crippen LogP contribution in [0.5, 0.6) is 5.75 Å². The molecule has 1 aromatic carbocycles. The molecule has 0 fully saturated rings. The van der Waals surface area contributed by atoms with E-state index in [0.717, 1.165) is 4.90 Å². The summed E-state index contributed by atoms with van der Waals surface area (Å²) >= 11 is 0. The zero-order valence-corrected chi connectivity index (χ0v) is 21.7. The Hall–Kier alpha value is -3.83. The van der Waals surface area contributed by atoms with Gasteiger partial charge in [0.05, 0.1) is 13.7 Å². The predicted octanol–water partition coefficient (Wildman–Crippen LogP) is 0.683. The number of benzene rings is 1. The third kappa shape index (κ3) is 10.2. The molecule has 0 aliphatic rings. The van der Waals surface area contributed by atoms with Crippen LogP contribution in [0.3, 0.4) is 0 Å². The van der Waals surface area contributed by atoms with Crippen LogP contribution in [0.25, 0.3) is 0 Å². The molecule has 0 saturated carbocycles. The highest BCUT2D eigenvalue weighted by molar-refractivity contribution is 5.93. The number of carboxylic acids is 1. The van der Waals surface area contributed by atoms with Crippen LogP contribution >= 0.6 is 0 Å². The molecule has 0 aliphatic heterocycles. The third-order valence-corrected chi connectivity index (χ3v) is 5.02. The Labute approximate surface area is 210 Å². The van der Waals surface area contributed by atoms with Gasteiger partial charge < -0.3 is 35.4 Å². The number of aliphatic carboxylic acids is 1. The molecule has 1 rings (SSSR count). The summed E-state index contributed by atoms with van der Waals surface area (Å²) in [7, 11) is 2.90. The minimum Gasteiger partial charge on any atom is -0.497 e. The lowest BCUT2D eigenvalue weighted by Crippen LogP contribution is -2.54. The minimum atomic E-state index is -1.22. The lowest BCUT2D eigenvalue weighted by atomic mass is 10.0. The van der Waals surface area contributed by atoms with Gasteiger partial charge in [-0.25, -0.2) is 4.79 Å². The quantitative estimate of drug-likeness (QED) is 0.339. The largest absolute Gasteiger partial charge is 0.497 e. The van der Waals surface area contributed by atoms with Crippen molar-refractivity contribution in [3.63, 3.8) is 0 Å². The smallest absolute Gasteiger partial charge is 0.408 e. The molecule has 200 valence electrons. The minimum absolute atomic E-state index is 0.0922. The topological polar surface area (TPSA) is 163 Å². The number of ether oxygens (including phenoxy) is 2. The summed E-state index contributed by atoms with van der Waals surface area (Å²) in [4.78, 5) is 62.2. The molecule has 0 radical (unpaired) electrons. The lowest BCUT2D eigenvalue weighted by molar-refractivity contribution is -0.143. The Morgan fingerprint density at radius 3 is 2.06 bits per heavy atom. The van der Waals surface area contributed by atoms with Crippen LogP contribution in [-0.4, -0.2) is 84.2 Å². The number of likely N-dealkylation sites (N-methyl/N-ethyl adjacent to an activating group) is 1. The van der Waals surface area contributed by atoms with E-state index in [2.05, 4.69) is 16.0 Å². The van der Waals surface area contributed by atoms with Gasteiger partial charge in [0.1, 0.15) is 29.5 Å². The van der Waals surface area contributed by atoms with Crippen LogP contribution in [0.2, 0.25) is 0 Å². The molecule has 0 aromatic heterocycles. The maximum atomic E-state index is 12.9. The van der Waals surface area contributed by atoms with Gasteiger partial charge in [-0.2, -0.15) is 0 Å².